The predicted molar refractivity (Wildman–Crippen MR) is 93.0 cm³/mol. The van der Waals surface area contributed by atoms with Crippen LogP contribution in [-0.4, -0.2) is 19.8 Å². The highest BCUT2D eigenvalue weighted by Crippen LogP contribution is 2.25. The van der Waals surface area contributed by atoms with E-state index in [1.807, 2.05) is 31.2 Å². The van der Waals surface area contributed by atoms with Crippen LogP contribution >= 0.6 is 11.8 Å². The highest BCUT2D eigenvalue weighted by atomic mass is 32.2. The van der Waals surface area contributed by atoms with Crippen LogP contribution in [0, 0.1) is 17.0 Å². The van der Waals surface area contributed by atoms with Crippen molar-refractivity contribution in [1.29, 1.82) is 0 Å². The fraction of sp³-hybridized carbons (Fsp3) is 0.125. The molecule has 0 saturated heterocycles. The summed E-state index contributed by atoms with van der Waals surface area (Å²) in [6, 6.07) is 14.3. The fourth-order valence-corrected chi connectivity index (χ4v) is 2.95. The molecule has 0 spiro atoms. The molecule has 3 aromatic rings. The summed E-state index contributed by atoms with van der Waals surface area (Å²) in [5.41, 5.74) is 3.09. The molecule has 8 heteroatoms. The molecule has 0 bridgehead atoms. The molecule has 0 aliphatic rings. The number of nitro groups is 1. The molecule has 2 aromatic carbocycles. The SMILES string of the molecule is Cc1ccc(-c2nnc(SCc3ccc([N+](=O)[O-])cc3)n2N)cc1. The summed E-state index contributed by atoms with van der Waals surface area (Å²) in [6.45, 7) is 2.02. The molecule has 7 nitrogen and oxygen atoms in total. The van der Waals surface area contributed by atoms with Gasteiger partial charge in [0.05, 0.1) is 4.92 Å². The van der Waals surface area contributed by atoms with Crippen molar-refractivity contribution < 1.29 is 4.92 Å². The molecule has 2 N–H and O–H groups in total. The summed E-state index contributed by atoms with van der Waals surface area (Å²) in [7, 11) is 0. The second-order valence-corrected chi connectivity index (χ2v) is 6.20. The standard InChI is InChI=1S/C16H15N5O2S/c1-11-2-6-13(7-3-11)15-18-19-16(20(15)17)24-10-12-4-8-14(9-5-12)21(22)23/h2-9H,10,17H2,1H3. The Kier molecular flexibility index (Phi) is 4.48. The smallest absolute Gasteiger partial charge is 0.269 e. The molecule has 122 valence electrons. The number of benzene rings is 2. The molecular formula is C16H15N5O2S. The van der Waals surface area contributed by atoms with Crippen molar-refractivity contribution in [2.75, 3.05) is 5.84 Å². The Morgan fingerprint density at radius 1 is 1.12 bits per heavy atom. The average molecular weight is 341 g/mol. The molecule has 0 amide bonds. The topological polar surface area (TPSA) is 99.9 Å². The Labute approximate surface area is 142 Å². The van der Waals surface area contributed by atoms with Crippen LogP contribution in [0.1, 0.15) is 11.1 Å². The summed E-state index contributed by atoms with van der Waals surface area (Å²) in [4.78, 5) is 10.2. The minimum Gasteiger partial charge on any atom is -0.335 e. The Balaban J connectivity index is 1.72. The van der Waals surface area contributed by atoms with E-state index in [0.717, 1.165) is 16.7 Å². The van der Waals surface area contributed by atoms with Gasteiger partial charge < -0.3 is 5.84 Å². The Hall–Kier alpha value is -2.87. The minimum atomic E-state index is -0.415. The lowest BCUT2D eigenvalue weighted by atomic mass is 10.1. The van der Waals surface area contributed by atoms with Crippen LogP contribution in [0.2, 0.25) is 0 Å². The number of thioether (sulfide) groups is 1. The van der Waals surface area contributed by atoms with Gasteiger partial charge in [0.15, 0.2) is 5.82 Å². The van der Waals surface area contributed by atoms with Crippen molar-refractivity contribution in [3.05, 3.63) is 69.8 Å². The molecule has 0 fully saturated rings. The maximum Gasteiger partial charge on any atom is 0.269 e. The van der Waals surface area contributed by atoms with Crippen molar-refractivity contribution >= 4 is 17.4 Å². The van der Waals surface area contributed by atoms with E-state index in [9.17, 15) is 10.1 Å². The number of aryl methyl sites for hydroxylation is 1. The highest BCUT2D eigenvalue weighted by molar-refractivity contribution is 7.98. The van der Waals surface area contributed by atoms with Gasteiger partial charge in [-0.3, -0.25) is 10.1 Å². The zero-order chi connectivity index (χ0) is 17.1. The van der Waals surface area contributed by atoms with Gasteiger partial charge in [0.25, 0.3) is 5.69 Å². The first-order valence-corrected chi connectivity index (χ1v) is 8.17. The molecule has 0 atom stereocenters. The van der Waals surface area contributed by atoms with E-state index in [1.54, 1.807) is 12.1 Å². The summed E-state index contributed by atoms with van der Waals surface area (Å²) in [6.07, 6.45) is 0. The van der Waals surface area contributed by atoms with Crippen LogP contribution in [0.3, 0.4) is 0 Å². The quantitative estimate of drug-likeness (QED) is 0.331. The molecule has 24 heavy (non-hydrogen) atoms. The zero-order valence-electron chi connectivity index (χ0n) is 12.9. The minimum absolute atomic E-state index is 0.0763. The molecular weight excluding hydrogens is 326 g/mol. The first-order chi connectivity index (χ1) is 11.5. The lowest BCUT2D eigenvalue weighted by Crippen LogP contribution is -2.11. The van der Waals surface area contributed by atoms with E-state index in [4.69, 9.17) is 5.84 Å². The van der Waals surface area contributed by atoms with E-state index >= 15 is 0 Å². The van der Waals surface area contributed by atoms with E-state index in [1.165, 1.54) is 28.6 Å². The molecule has 3 rings (SSSR count). The van der Waals surface area contributed by atoms with Crippen LogP contribution in [0.15, 0.2) is 53.7 Å². The van der Waals surface area contributed by atoms with Crippen molar-refractivity contribution in [3.8, 4) is 11.4 Å². The second-order valence-electron chi connectivity index (χ2n) is 5.25. The first kappa shape index (κ1) is 16.0. The number of rotatable bonds is 5. The third kappa shape index (κ3) is 3.38. The maximum absolute atomic E-state index is 10.7. The van der Waals surface area contributed by atoms with Gasteiger partial charge in [-0.15, -0.1) is 10.2 Å². The summed E-state index contributed by atoms with van der Waals surface area (Å²) < 4.78 is 1.46. The fourth-order valence-electron chi connectivity index (χ4n) is 2.14. The third-order valence-corrected chi connectivity index (χ3v) is 4.50. The summed E-state index contributed by atoms with van der Waals surface area (Å²) in [5, 5.41) is 19.5. The average Bonchev–Trinajstić information content (AvgIpc) is 2.95. The lowest BCUT2D eigenvalue weighted by Gasteiger charge is -2.04. The van der Waals surface area contributed by atoms with Crippen LogP contribution in [0.25, 0.3) is 11.4 Å². The molecule has 0 radical (unpaired) electrons. The Morgan fingerprint density at radius 2 is 1.79 bits per heavy atom. The van der Waals surface area contributed by atoms with Crippen molar-refractivity contribution in [3.63, 3.8) is 0 Å². The maximum atomic E-state index is 10.7. The predicted octanol–water partition coefficient (Wildman–Crippen LogP) is 3.17. The largest absolute Gasteiger partial charge is 0.335 e. The van der Waals surface area contributed by atoms with Gasteiger partial charge in [-0.1, -0.05) is 53.7 Å². The monoisotopic (exact) mass is 341 g/mol. The van der Waals surface area contributed by atoms with E-state index in [0.29, 0.717) is 16.7 Å². The van der Waals surface area contributed by atoms with Gasteiger partial charge in [-0.25, -0.2) is 4.68 Å². The van der Waals surface area contributed by atoms with Crippen molar-refractivity contribution in [1.82, 2.24) is 14.9 Å². The van der Waals surface area contributed by atoms with Gasteiger partial charge in [0.2, 0.25) is 5.16 Å². The number of hydrogen-bond acceptors (Lipinski definition) is 6. The number of nitrogens with zero attached hydrogens (tertiary/aromatic N) is 4. The number of nitrogens with two attached hydrogens (primary N) is 1. The third-order valence-electron chi connectivity index (χ3n) is 3.49. The first-order valence-electron chi connectivity index (χ1n) is 7.18. The van der Waals surface area contributed by atoms with Crippen LogP contribution < -0.4 is 5.84 Å². The van der Waals surface area contributed by atoms with Gasteiger partial charge in [-0.05, 0) is 12.5 Å². The zero-order valence-corrected chi connectivity index (χ0v) is 13.7. The Bertz CT molecular complexity index is 859. The normalized spacial score (nSPS) is 10.7. The van der Waals surface area contributed by atoms with Crippen molar-refractivity contribution in [2.45, 2.75) is 17.8 Å². The number of nitrogen functional groups attached to an aromatic ring is 1. The van der Waals surface area contributed by atoms with Gasteiger partial charge in [0, 0.05) is 23.4 Å². The molecule has 0 unspecified atom stereocenters. The van der Waals surface area contributed by atoms with Gasteiger partial charge >= 0.3 is 0 Å². The van der Waals surface area contributed by atoms with Crippen LogP contribution in [-0.2, 0) is 5.75 Å². The second kappa shape index (κ2) is 6.71. The van der Waals surface area contributed by atoms with Crippen LogP contribution in [0.5, 0.6) is 0 Å². The van der Waals surface area contributed by atoms with Gasteiger partial charge in [-0.2, -0.15) is 0 Å². The van der Waals surface area contributed by atoms with E-state index in [-0.39, 0.29) is 5.69 Å². The van der Waals surface area contributed by atoms with E-state index < -0.39 is 4.92 Å². The number of nitro benzene ring substituents is 1. The number of hydrogen-bond donors (Lipinski definition) is 1. The number of non-ortho nitro benzene ring substituents is 1. The Morgan fingerprint density at radius 3 is 2.42 bits per heavy atom. The molecule has 0 aliphatic heterocycles. The van der Waals surface area contributed by atoms with Crippen molar-refractivity contribution in [2.24, 2.45) is 0 Å². The molecule has 0 aliphatic carbocycles. The van der Waals surface area contributed by atoms with E-state index in [2.05, 4.69) is 10.2 Å². The highest BCUT2D eigenvalue weighted by Gasteiger charge is 2.12. The van der Waals surface area contributed by atoms with Crippen LogP contribution in [0.4, 0.5) is 5.69 Å². The number of aromatic nitrogens is 3. The molecule has 1 heterocycles. The lowest BCUT2D eigenvalue weighted by molar-refractivity contribution is -0.384. The summed E-state index contributed by atoms with van der Waals surface area (Å²) >= 11 is 1.43. The summed E-state index contributed by atoms with van der Waals surface area (Å²) in [5.74, 6) is 7.28. The molecule has 1 aromatic heterocycles. The molecule has 0 saturated carbocycles. The van der Waals surface area contributed by atoms with Gasteiger partial charge in [0.1, 0.15) is 0 Å².